The van der Waals surface area contributed by atoms with Crippen molar-refractivity contribution < 1.29 is 9.84 Å². The van der Waals surface area contributed by atoms with Crippen LogP contribution in [0.3, 0.4) is 0 Å². The number of rotatable bonds is 6. The summed E-state index contributed by atoms with van der Waals surface area (Å²) in [4.78, 5) is 0. The number of ether oxygens (including phenoxy) is 1. The quantitative estimate of drug-likeness (QED) is 0.399. The van der Waals surface area contributed by atoms with Gasteiger partial charge in [-0.25, -0.2) is 0 Å². The van der Waals surface area contributed by atoms with Crippen molar-refractivity contribution in [3.63, 3.8) is 0 Å². The molecule has 0 aliphatic heterocycles. The first kappa shape index (κ1) is 14.7. The standard InChI is InChI=1S/C20H21O2/c1-2-3-4-7-12-22-19-11-10-17-13-15-8-5-6-9-16(15)14-18(17)20(19)21/h5-6,8-11,13-14H,2-4,7,12H2,1H3. The van der Waals surface area contributed by atoms with Crippen molar-refractivity contribution in [2.75, 3.05) is 6.61 Å². The highest BCUT2D eigenvalue weighted by atomic mass is 16.5. The smallest absolute Gasteiger partial charge is 0.228 e. The Hall–Kier alpha value is -2.22. The van der Waals surface area contributed by atoms with E-state index in [1.807, 2.05) is 30.3 Å². The lowest BCUT2D eigenvalue weighted by molar-refractivity contribution is 0.272. The topological polar surface area (TPSA) is 29.1 Å². The molecule has 0 heterocycles. The van der Waals surface area contributed by atoms with E-state index in [0.29, 0.717) is 12.4 Å². The van der Waals surface area contributed by atoms with Gasteiger partial charge >= 0.3 is 0 Å². The zero-order chi connectivity index (χ0) is 15.4. The normalized spacial score (nSPS) is 11.1. The van der Waals surface area contributed by atoms with Gasteiger partial charge in [0.25, 0.3) is 0 Å². The minimum atomic E-state index is -0.00116. The highest BCUT2D eigenvalue weighted by Gasteiger charge is 2.10. The average molecular weight is 293 g/mol. The molecule has 0 atom stereocenters. The van der Waals surface area contributed by atoms with Crippen LogP contribution in [-0.2, 0) is 5.11 Å². The maximum Gasteiger partial charge on any atom is 0.228 e. The van der Waals surface area contributed by atoms with Gasteiger partial charge in [-0.1, -0.05) is 56.5 Å². The lowest BCUT2D eigenvalue weighted by atomic mass is 10.0. The predicted octanol–water partition coefficient (Wildman–Crippen LogP) is 6.10. The number of unbranched alkanes of at least 4 members (excludes halogenated alkanes) is 3. The Kier molecular flexibility index (Phi) is 4.47. The molecule has 0 aliphatic rings. The van der Waals surface area contributed by atoms with Gasteiger partial charge in [-0.2, -0.15) is 0 Å². The van der Waals surface area contributed by atoms with Crippen LogP contribution in [0.5, 0.6) is 11.5 Å². The first-order chi connectivity index (χ1) is 10.8. The second kappa shape index (κ2) is 6.69. The molecule has 0 aliphatic carbocycles. The fourth-order valence-corrected chi connectivity index (χ4v) is 2.79. The van der Waals surface area contributed by atoms with Crippen molar-refractivity contribution in [1.29, 1.82) is 0 Å². The summed E-state index contributed by atoms with van der Waals surface area (Å²) in [7, 11) is 0. The lowest BCUT2D eigenvalue weighted by Gasteiger charge is -2.09. The highest BCUT2D eigenvalue weighted by molar-refractivity contribution is 6.01. The van der Waals surface area contributed by atoms with E-state index in [0.717, 1.165) is 34.4 Å². The molecular formula is C20H21O2. The van der Waals surface area contributed by atoms with E-state index in [9.17, 15) is 5.11 Å². The second-order valence-corrected chi connectivity index (χ2v) is 5.72. The Balaban J connectivity index is 1.86. The Bertz CT molecular complexity index is 777. The van der Waals surface area contributed by atoms with Crippen LogP contribution in [0.1, 0.15) is 32.6 Å². The van der Waals surface area contributed by atoms with Crippen molar-refractivity contribution in [3.8, 4) is 11.5 Å². The van der Waals surface area contributed by atoms with Crippen molar-refractivity contribution in [2.45, 2.75) is 32.6 Å². The maximum atomic E-state index is 12.6. The van der Waals surface area contributed by atoms with E-state index in [1.165, 1.54) is 12.8 Å². The third-order valence-corrected chi connectivity index (χ3v) is 4.06. The van der Waals surface area contributed by atoms with Crippen molar-refractivity contribution >= 4 is 21.5 Å². The summed E-state index contributed by atoms with van der Waals surface area (Å²) in [6.45, 7) is 2.80. The van der Waals surface area contributed by atoms with Crippen molar-refractivity contribution in [3.05, 3.63) is 48.5 Å². The fraction of sp³-hybridized carbons (Fsp3) is 0.300. The summed E-state index contributed by atoms with van der Waals surface area (Å²) in [5, 5.41) is 16.5. The predicted molar refractivity (Wildman–Crippen MR) is 91.2 cm³/mol. The highest BCUT2D eigenvalue weighted by Crippen LogP contribution is 2.37. The molecule has 22 heavy (non-hydrogen) atoms. The summed E-state index contributed by atoms with van der Waals surface area (Å²) in [5.74, 6) is 0.470. The van der Waals surface area contributed by atoms with Gasteiger partial charge in [-0.05, 0) is 40.8 Å². The van der Waals surface area contributed by atoms with E-state index < -0.39 is 0 Å². The van der Waals surface area contributed by atoms with Crippen LogP contribution in [0.25, 0.3) is 21.5 Å². The van der Waals surface area contributed by atoms with E-state index in [4.69, 9.17) is 4.74 Å². The number of hydrogen-bond donors (Lipinski definition) is 0. The molecule has 2 heteroatoms. The molecule has 0 aromatic heterocycles. The van der Waals surface area contributed by atoms with Gasteiger partial charge in [0.2, 0.25) is 5.75 Å². The van der Waals surface area contributed by atoms with E-state index in [1.54, 1.807) is 6.07 Å². The lowest BCUT2D eigenvalue weighted by Crippen LogP contribution is -1.97. The summed E-state index contributed by atoms with van der Waals surface area (Å²) in [5.41, 5.74) is 0. The molecule has 0 bridgehead atoms. The van der Waals surface area contributed by atoms with Crippen LogP contribution in [0.4, 0.5) is 0 Å². The average Bonchev–Trinajstić information content (AvgIpc) is 2.55. The summed E-state index contributed by atoms with van der Waals surface area (Å²) < 4.78 is 5.69. The van der Waals surface area contributed by atoms with Crippen molar-refractivity contribution in [1.82, 2.24) is 0 Å². The minimum absolute atomic E-state index is 0.00116. The van der Waals surface area contributed by atoms with Gasteiger partial charge in [0.15, 0.2) is 5.75 Å². The molecule has 0 unspecified atom stereocenters. The molecule has 3 rings (SSSR count). The summed E-state index contributed by atoms with van der Waals surface area (Å²) in [6.07, 6.45) is 4.58. The van der Waals surface area contributed by atoms with Crippen LogP contribution in [0.2, 0.25) is 0 Å². The monoisotopic (exact) mass is 293 g/mol. The molecule has 0 saturated heterocycles. The van der Waals surface area contributed by atoms with Gasteiger partial charge < -0.3 is 4.74 Å². The zero-order valence-corrected chi connectivity index (χ0v) is 13.0. The summed E-state index contributed by atoms with van der Waals surface area (Å²) >= 11 is 0. The third kappa shape index (κ3) is 3.01. The molecule has 0 fully saturated rings. The first-order valence-corrected chi connectivity index (χ1v) is 8.05. The van der Waals surface area contributed by atoms with Crippen LogP contribution in [0.15, 0.2) is 48.5 Å². The number of hydrogen-bond acceptors (Lipinski definition) is 1. The molecule has 2 nitrogen and oxygen atoms in total. The Morgan fingerprint density at radius 3 is 2.41 bits per heavy atom. The largest absolute Gasteiger partial charge is 0.489 e. The van der Waals surface area contributed by atoms with Crippen molar-refractivity contribution in [2.24, 2.45) is 0 Å². The Morgan fingerprint density at radius 2 is 1.64 bits per heavy atom. The minimum Gasteiger partial charge on any atom is -0.489 e. The molecule has 3 aromatic carbocycles. The van der Waals surface area contributed by atoms with Gasteiger partial charge in [0.05, 0.1) is 6.61 Å². The molecule has 0 amide bonds. The number of benzene rings is 3. The van der Waals surface area contributed by atoms with Crippen LogP contribution >= 0.6 is 0 Å². The molecule has 113 valence electrons. The Morgan fingerprint density at radius 1 is 0.864 bits per heavy atom. The second-order valence-electron chi connectivity index (χ2n) is 5.72. The van der Waals surface area contributed by atoms with Gasteiger partial charge in [-0.15, -0.1) is 0 Å². The summed E-state index contributed by atoms with van der Waals surface area (Å²) in [6, 6.07) is 15.9. The Labute approximate surface area is 131 Å². The molecule has 0 N–H and O–H groups in total. The van der Waals surface area contributed by atoms with E-state index in [2.05, 4.69) is 19.1 Å². The van der Waals surface area contributed by atoms with Crippen LogP contribution in [0, 0.1) is 0 Å². The molecule has 0 spiro atoms. The van der Waals surface area contributed by atoms with Gasteiger partial charge in [0, 0.05) is 5.39 Å². The van der Waals surface area contributed by atoms with Crippen LogP contribution < -0.4 is 4.74 Å². The maximum absolute atomic E-state index is 12.6. The van der Waals surface area contributed by atoms with E-state index in [-0.39, 0.29) is 5.75 Å². The zero-order valence-electron chi connectivity index (χ0n) is 13.0. The number of fused-ring (bicyclic) bond motifs is 2. The first-order valence-electron chi connectivity index (χ1n) is 8.05. The molecular weight excluding hydrogens is 272 g/mol. The SMILES string of the molecule is CCCCCCOc1ccc2cc3ccccc3cc2c1[O]. The molecule has 3 aromatic rings. The fourth-order valence-electron chi connectivity index (χ4n) is 2.79. The molecule has 0 saturated carbocycles. The molecule has 1 radical (unpaired) electrons. The van der Waals surface area contributed by atoms with Crippen LogP contribution in [-0.4, -0.2) is 6.61 Å². The van der Waals surface area contributed by atoms with E-state index >= 15 is 0 Å². The third-order valence-electron chi connectivity index (χ3n) is 4.06. The van der Waals surface area contributed by atoms with Gasteiger partial charge in [0.1, 0.15) is 0 Å². The van der Waals surface area contributed by atoms with Gasteiger partial charge in [-0.3, -0.25) is 5.11 Å².